The zero-order chi connectivity index (χ0) is 34.2. The average Bonchev–Trinajstić information content (AvgIpc) is 3.08. The van der Waals surface area contributed by atoms with Gasteiger partial charge < -0.3 is 50.0 Å². The minimum atomic E-state index is -0.239. The second-order valence-corrected chi connectivity index (χ2v) is 12.1. The summed E-state index contributed by atoms with van der Waals surface area (Å²) in [5.41, 5.74) is 3.50. The monoisotopic (exact) mass is 711 g/mol. The Kier molecular flexibility index (Phi) is 17.8. The van der Waals surface area contributed by atoms with Crippen LogP contribution in [0.15, 0.2) is 36.4 Å². The molecule has 268 valence electrons. The number of carbonyl (C=O) groups excluding carboxylic acids is 2. The summed E-state index contributed by atoms with van der Waals surface area (Å²) in [5, 5.41) is 0. The molecule has 0 aliphatic carbocycles. The van der Waals surface area contributed by atoms with Crippen LogP contribution in [0.25, 0.3) is 0 Å². The number of carbonyl (C=O) groups is 2. The highest BCUT2D eigenvalue weighted by Crippen LogP contribution is 2.44. The lowest BCUT2D eigenvalue weighted by molar-refractivity contribution is -0.941. The number of rotatable bonds is 20. The minimum absolute atomic E-state index is 0. The van der Waals surface area contributed by atoms with Gasteiger partial charge in [0.1, 0.15) is 6.04 Å². The summed E-state index contributed by atoms with van der Waals surface area (Å²) < 4.78 is 39.6. The van der Waals surface area contributed by atoms with Crippen molar-refractivity contribution in [2.24, 2.45) is 0 Å². The maximum absolute atomic E-state index is 12.4. The van der Waals surface area contributed by atoms with E-state index in [9.17, 15) is 9.59 Å². The molecular formula is C36H51Cl2NO9. The highest BCUT2D eigenvalue weighted by Gasteiger charge is 2.40. The lowest BCUT2D eigenvalue weighted by Gasteiger charge is -2.46. The normalized spacial score (nSPS) is 16.8. The smallest absolute Gasteiger partial charge is 0.306 e. The Morgan fingerprint density at radius 1 is 0.792 bits per heavy atom. The number of nitrogens with zero attached hydrogens (tertiary/aromatic N) is 1. The number of hydrogen-bond donors (Lipinski definition) is 0. The van der Waals surface area contributed by atoms with Crippen molar-refractivity contribution in [3.8, 4) is 28.7 Å². The zero-order valence-corrected chi connectivity index (χ0v) is 30.6. The predicted molar refractivity (Wildman–Crippen MR) is 181 cm³/mol. The van der Waals surface area contributed by atoms with Crippen molar-refractivity contribution in [2.75, 3.05) is 74.8 Å². The first-order valence-electron chi connectivity index (χ1n) is 16.1. The summed E-state index contributed by atoms with van der Waals surface area (Å²) in [4.78, 5) is 24.1. The van der Waals surface area contributed by atoms with E-state index in [1.54, 1.807) is 35.5 Å². The number of quaternary nitrogens is 1. The number of ether oxygens (including phenoxy) is 7. The van der Waals surface area contributed by atoms with Crippen LogP contribution in [-0.2, 0) is 31.9 Å². The van der Waals surface area contributed by atoms with E-state index in [0.717, 1.165) is 41.7 Å². The average molecular weight is 713 g/mol. The van der Waals surface area contributed by atoms with E-state index in [1.807, 2.05) is 24.3 Å². The quantitative estimate of drug-likeness (QED) is 0.0674. The molecule has 2 aromatic carbocycles. The molecule has 0 bridgehead atoms. The molecule has 12 heteroatoms. The van der Waals surface area contributed by atoms with Crippen LogP contribution in [0.3, 0.4) is 0 Å². The summed E-state index contributed by atoms with van der Waals surface area (Å²) in [7, 11) is 10.4. The number of alkyl halides is 1. The summed E-state index contributed by atoms with van der Waals surface area (Å²) in [5.74, 6) is 3.20. The van der Waals surface area contributed by atoms with E-state index in [0.29, 0.717) is 80.6 Å². The first kappa shape index (κ1) is 40.8. The van der Waals surface area contributed by atoms with Crippen LogP contribution in [0.2, 0.25) is 0 Å². The molecule has 1 aliphatic rings. The van der Waals surface area contributed by atoms with Gasteiger partial charge in [0, 0.05) is 43.5 Å². The molecule has 0 aromatic heterocycles. The standard InChI is InChI=1S/C36H51ClNO9.ClH/c1-38(17-12-20-47-35(40)14-10-8-7-9-13-34(39)46-19-11-16-37)18-15-27-24-30(41-2)31(42-3)25-28(27)29(38)21-26-22-32(43-4)36(45-6)33(23-26)44-5;/h7-8,22-25,29H,9-21H2,1-6H3;1H/q+1;/p-1/b8-7+;/t29-,38+;/m1./s1. The highest BCUT2D eigenvalue weighted by molar-refractivity contribution is 6.17. The van der Waals surface area contributed by atoms with Crippen LogP contribution in [0.5, 0.6) is 28.7 Å². The Morgan fingerprint density at radius 2 is 1.33 bits per heavy atom. The molecule has 0 fully saturated rings. The van der Waals surface area contributed by atoms with E-state index in [4.69, 9.17) is 44.8 Å². The molecule has 1 aliphatic heterocycles. The first-order chi connectivity index (χ1) is 22.7. The third-order valence-corrected chi connectivity index (χ3v) is 8.88. The molecule has 0 radical (unpaired) electrons. The molecular weight excluding hydrogens is 661 g/mol. The summed E-state index contributed by atoms with van der Waals surface area (Å²) in [6, 6.07) is 8.28. The van der Waals surface area contributed by atoms with E-state index in [1.165, 1.54) is 11.1 Å². The van der Waals surface area contributed by atoms with Gasteiger partial charge in [-0.15, -0.1) is 11.6 Å². The van der Waals surface area contributed by atoms with Crippen LogP contribution in [-0.4, -0.2) is 91.2 Å². The Morgan fingerprint density at radius 3 is 1.85 bits per heavy atom. The van der Waals surface area contributed by atoms with Gasteiger partial charge in [-0.25, -0.2) is 0 Å². The van der Waals surface area contributed by atoms with Crippen LogP contribution in [0.1, 0.15) is 61.3 Å². The van der Waals surface area contributed by atoms with Gasteiger partial charge in [0.25, 0.3) is 0 Å². The van der Waals surface area contributed by atoms with Crippen LogP contribution in [0.4, 0.5) is 0 Å². The topological polar surface area (TPSA) is 98.8 Å². The molecule has 0 saturated carbocycles. The van der Waals surface area contributed by atoms with Crippen molar-refractivity contribution < 1.29 is 59.6 Å². The number of halogens is 2. The second kappa shape index (κ2) is 20.9. The number of likely N-dealkylation sites (N-methyl/N-ethyl adjacent to an activating group) is 1. The number of benzene rings is 2. The Balaban J connectivity index is 0.00000800. The molecule has 0 N–H and O–H groups in total. The van der Waals surface area contributed by atoms with Crippen molar-refractivity contribution in [1.82, 2.24) is 0 Å². The summed E-state index contributed by atoms with van der Waals surface area (Å²) in [6.45, 7) is 2.43. The van der Waals surface area contributed by atoms with Crippen molar-refractivity contribution >= 4 is 23.5 Å². The fourth-order valence-electron chi connectivity index (χ4n) is 6.04. The van der Waals surface area contributed by atoms with Gasteiger partial charge in [0.15, 0.2) is 23.0 Å². The zero-order valence-electron chi connectivity index (χ0n) is 29.1. The predicted octanol–water partition coefficient (Wildman–Crippen LogP) is 3.24. The van der Waals surface area contributed by atoms with Crippen molar-refractivity contribution in [3.63, 3.8) is 0 Å². The molecule has 2 atom stereocenters. The van der Waals surface area contributed by atoms with Crippen LogP contribution < -0.4 is 36.1 Å². The third-order valence-electron chi connectivity index (χ3n) is 8.62. The number of methoxy groups -OCH3 is 5. The Labute approximate surface area is 296 Å². The summed E-state index contributed by atoms with van der Waals surface area (Å²) in [6.07, 6.45) is 8.51. The number of allylic oxidation sites excluding steroid dienone is 2. The molecule has 0 spiro atoms. The fourth-order valence-corrected chi connectivity index (χ4v) is 6.15. The fraction of sp³-hybridized carbons (Fsp3) is 0.556. The van der Waals surface area contributed by atoms with Crippen LogP contribution in [0, 0.1) is 0 Å². The number of fused-ring (bicyclic) bond motifs is 1. The molecule has 0 unspecified atom stereocenters. The van der Waals surface area contributed by atoms with Gasteiger partial charge in [0.05, 0.1) is 68.9 Å². The molecule has 48 heavy (non-hydrogen) atoms. The highest BCUT2D eigenvalue weighted by atomic mass is 35.5. The minimum Gasteiger partial charge on any atom is -1.00 e. The van der Waals surface area contributed by atoms with Gasteiger partial charge in [-0.1, -0.05) is 12.2 Å². The second-order valence-electron chi connectivity index (χ2n) is 11.7. The van der Waals surface area contributed by atoms with Crippen molar-refractivity contribution in [1.29, 1.82) is 0 Å². The lowest BCUT2D eigenvalue weighted by atomic mass is 9.86. The van der Waals surface area contributed by atoms with Gasteiger partial charge in [-0.2, -0.15) is 0 Å². The molecule has 2 aromatic rings. The largest absolute Gasteiger partial charge is 1.00 e. The van der Waals surface area contributed by atoms with Crippen LogP contribution >= 0.6 is 11.6 Å². The van der Waals surface area contributed by atoms with Gasteiger partial charge in [-0.3, -0.25) is 9.59 Å². The molecule has 0 saturated heterocycles. The van der Waals surface area contributed by atoms with Gasteiger partial charge in [-0.05, 0) is 54.7 Å². The first-order valence-corrected chi connectivity index (χ1v) is 16.7. The summed E-state index contributed by atoms with van der Waals surface area (Å²) >= 11 is 5.59. The van der Waals surface area contributed by atoms with Crippen molar-refractivity contribution in [3.05, 3.63) is 53.1 Å². The van der Waals surface area contributed by atoms with E-state index < -0.39 is 0 Å². The SMILES string of the molecule is COc1cc2c(cc1OC)[C@@H](Cc1cc(OC)c(OC)c(OC)c1)[N@@+](C)(CCCOC(=O)CC/C=C/CCC(=O)OCCCCl)CC2.[Cl-]. The van der Waals surface area contributed by atoms with E-state index in [-0.39, 0.29) is 30.4 Å². The van der Waals surface area contributed by atoms with Gasteiger partial charge >= 0.3 is 11.9 Å². The van der Waals surface area contributed by atoms with Gasteiger partial charge in [0.2, 0.25) is 5.75 Å². The number of esters is 2. The van der Waals surface area contributed by atoms with E-state index >= 15 is 0 Å². The number of hydrogen-bond acceptors (Lipinski definition) is 9. The third kappa shape index (κ3) is 11.4. The molecule has 10 nitrogen and oxygen atoms in total. The molecule has 1 heterocycles. The maximum atomic E-state index is 12.4. The molecule has 0 amide bonds. The maximum Gasteiger partial charge on any atom is 0.306 e. The Bertz CT molecular complexity index is 1330. The van der Waals surface area contributed by atoms with E-state index in [2.05, 4.69) is 19.2 Å². The molecule has 3 rings (SSSR count). The lowest BCUT2D eigenvalue weighted by Crippen LogP contribution is -3.00. The van der Waals surface area contributed by atoms with Crippen molar-refractivity contribution in [2.45, 2.75) is 57.4 Å². The Hall–Kier alpha value is -3.34.